The number of nitrogens with one attached hydrogen (secondary N) is 1. The van der Waals surface area contributed by atoms with Crippen molar-refractivity contribution in [3.8, 4) is 11.3 Å². The smallest absolute Gasteiger partial charge is 0.258 e. The number of thioether (sulfide) groups is 1. The molecule has 0 radical (unpaired) electrons. The predicted octanol–water partition coefficient (Wildman–Crippen LogP) is 4.90. The van der Waals surface area contributed by atoms with Gasteiger partial charge in [0.15, 0.2) is 4.34 Å². The summed E-state index contributed by atoms with van der Waals surface area (Å²) in [6.07, 6.45) is 0. The van der Waals surface area contributed by atoms with E-state index in [1.165, 1.54) is 0 Å². The number of rotatable bonds is 4. The first-order valence-corrected chi connectivity index (χ1v) is 9.63. The van der Waals surface area contributed by atoms with E-state index in [9.17, 15) is 4.79 Å². The van der Waals surface area contributed by atoms with Gasteiger partial charge in [-0.3, -0.25) is 4.79 Å². The molecule has 2 heterocycles. The summed E-state index contributed by atoms with van der Waals surface area (Å²) in [7, 11) is 0. The molecule has 4 rings (SSSR count). The van der Waals surface area contributed by atoms with Gasteiger partial charge in [-0.25, -0.2) is 9.97 Å². The maximum absolute atomic E-state index is 12.2. The van der Waals surface area contributed by atoms with Crippen molar-refractivity contribution in [1.29, 1.82) is 0 Å². The average Bonchev–Trinajstić information content (AvgIpc) is 3.11. The van der Waals surface area contributed by atoms with Crippen LogP contribution in [0.2, 0.25) is 0 Å². The SMILES string of the molecule is C[C@H](Sc1nc(-c2ccccc2)cs1)c1nc2ccccc2c(=O)[nH]1. The largest absolute Gasteiger partial charge is 0.309 e. The molecular formula is C19H15N3OS2. The quantitative estimate of drug-likeness (QED) is 0.523. The zero-order chi connectivity index (χ0) is 17.2. The molecule has 1 N–H and O–H groups in total. The molecule has 4 aromatic rings. The van der Waals surface area contributed by atoms with Crippen molar-refractivity contribution in [2.24, 2.45) is 0 Å². The molecule has 0 aliphatic rings. The molecule has 0 aliphatic heterocycles. The molecular weight excluding hydrogens is 350 g/mol. The lowest BCUT2D eigenvalue weighted by Gasteiger charge is -2.09. The molecule has 25 heavy (non-hydrogen) atoms. The Labute approximate surface area is 153 Å². The second-order valence-electron chi connectivity index (χ2n) is 5.59. The van der Waals surface area contributed by atoms with Crippen LogP contribution >= 0.6 is 23.1 Å². The molecule has 6 heteroatoms. The van der Waals surface area contributed by atoms with Crippen LogP contribution in [-0.4, -0.2) is 15.0 Å². The summed E-state index contributed by atoms with van der Waals surface area (Å²) >= 11 is 3.21. The average molecular weight is 365 g/mol. The summed E-state index contributed by atoms with van der Waals surface area (Å²) in [6.45, 7) is 2.03. The lowest BCUT2D eigenvalue weighted by molar-refractivity contribution is 0.921. The van der Waals surface area contributed by atoms with E-state index in [4.69, 9.17) is 4.98 Å². The van der Waals surface area contributed by atoms with Gasteiger partial charge >= 0.3 is 0 Å². The van der Waals surface area contributed by atoms with E-state index in [1.54, 1.807) is 29.2 Å². The number of H-pyrrole nitrogens is 1. The first-order valence-electron chi connectivity index (χ1n) is 7.87. The fourth-order valence-electron chi connectivity index (χ4n) is 2.56. The summed E-state index contributed by atoms with van der Waals surface area (Å²) in [5, 5.41) is 2.68. The minimum Gasteiger partial charge on any atom is -0.309 e. The third kappa shape index (κ3) is 3.36. The Morgan fingerprint density at radius 2 is 1.80 bits per heavy atom. The van der Waals surface area contributed by atoms with Crippen molar-refractivity contribution in [3.05, 3.63) is 76.2 Å². The number of hydrogen-bond donors (Lipinski definition) is 1. The lowest BCUT2D eigenvalue weighted by atomic mass is 10.2. The van der Waals surface area contributed by atoms with Gasteiger partial charge in [0, 0.05) is 10.9 Å². The Kier molecular flexibility index (Phi) is 4.38. The number of aromatic nitrogens is 3. The van der Waals surface area contributed by atoms with E-state index in [2.05, 4.69) is 27.5 Å². The van der Waals surface area contributed by atoms with Crippen molar-refractivity contribution < 1.29 is 0 Å². The Morgan fingerprint density at radius 3 is 2.64 bits per heavy atom. The van der Waals surface area contributed by atoms with Crippen LogP contribution in [0.15, 0.2) is 69.1 Å². The van der Waals surface area contributed by atoms with Gasteiger partial charge in [0.2, 0.25) is 0 Å². The van der Waals surface area contributed by atoms with Crippen LogP contribution in [0.4, 0.5) is 0 Å². The number of thiazole rings is 1. The third-order valence-corrected chi connectivity index (χ3v) is 5.93. The summed E-state index contributed by atoms with van der Waals surface area (Å²) in [6, 6.07) is 17.5. The van der Waals surface area contributed by atoms with Gasteiger partial charge in [0.05, 0.1) is 21.8 Å². The van der Waals surface area contributed by atoms with E-state index in [1.807, 2.05) is 43.3 Å². The van der Waals surface area contributed by atoms with Crippen molar-refractivity contribution >= 4 is 34.0 Å². The first kappa shape index (κ1) is 16.1. The molecule has 0 saturated carbocycles. The first-order chi connectivity index (χ1) is 12.2. The fraction of sp³-hybridized carbons (Fsp3) is 0.105. The molecule has 0 saturated heterocycles. The van der Waals surface area contributed by atoms with Gasteiger partial charge in [0.1, 0.15) is 5.82 Å². The molecule has 0 aliphatic carbocycles. The van der Waals surface area contributed by atoms with Crippen LogP contribution in [-0.2, 0) is 0 Å². The van der Waals surface area contributed by atoms with Gasteiger partial charge in [-0.15, -0.1) is 11.3 Å². The number of para-hydroxylation sites is 1. The van der Waals surface area contributed by atoms with Crippen LogP contribution < -0.4 is 5.56 Å². The summed E-state index contributed by atoms with van der Waals surface area (Å²) in [5.41, 5.74) is 2.70. The van der Waals surface area contributed by atoms with E-state index in [-0.39, 0.29) is 10.8 Å². The third-order valence-electron chi connectivity index (χ3n) is 3.85. The Balaban J connectivity index is 1.59. The number of aromatic amines is 1. The second-order valence-corrected chi connectivity index (χ2v) is 8.04. The van der Waals surface area contributed by atoms with Gasteiger partial charge in [-0.2, -0.15) is 0 Å². The van der Waals surface area contributed by atoms with Crippen molar-refractivity contribution in [2.45, 2.75) is 16.5 Å². The number of benzene rings is 2. The topological polar surface area (TPSA) is 58.6 Å². The van der Waals surface area contributed by atoms with Gasteiger partial charge in [0.25, 0.3) is 5.56 Å². The standard InChI is InChI=1S/C19H15N3OS2/c1-12(17-20-15-10-6-5-9-14(15)18(23)22-17)25-19-21-16(11-24-19)13-7-3-2-4-8-13/h2-12H,1H3,(H,20,22,23)/t12-/m0/s1. The van der Waals surface area contributed by atoms with Crippen LogP contribution in [0.1, 0.15) is 18.0 Å². The monoisotopic (exact) mass is 365 g/mol. The van der Waals surface area contributed by atoms with Crippen molar-refractivity contribution in [1.82, 2.24) is 15.0 Å². The zero-order valence-corrected chi connectivity index (χ0v) is 15.1. The summed E-state index contributed by atoms with van der Waals surface area (Å²) < 4.78 is 0.960. The molecule has 4 nitrogen and oxygen atoms in total. The highest BCUT2D eigenvalue weighted by Crippen LogP contribution is 2.36. The normalized spacial score (nSPS) is 12.4. The minimum atomic E-state index is -0.0998. The highest BCUT2D eigenvalue weighted by molar-refractivity contribution is 8.01. The van der Waals surface area contributed by atoms with Crippen LogP contribution in [0, 0.1) is 0 Å². The van der Waals surface area contributed by atoms with Gasteiger partial charge < -0.3 is 4.98 Å². The number of hydrogen-bond acceptors (Lipinski definition) is 5. The van der Waals surface area contributed by atoms with E-state index in [0.29, 0.717) is 11.2 Å². The predicted molar refractivity (Wildman–Crippen MR) is 104 cm³/mol. The lowest BCUT2D eigenvalue weighted by Crippen LogP contribution is -2.12. The van der Waals surface area contributed by atoms with Crippen LogP contribution in [0.25, 0.3) is 22.2 Å². The molecule has 124 valence electrons. The highest BCUT2D eigenvalue weighted by atomic mass is 32.2. The Morgan fingerprint density at radius 1 is 1.04 bits per heavy atom. The van der Waals surface area contributed by atoms with Crippen LogP contribution in [0.3, 0.4) is 0 Å². The maximum atomic E-state index is 12.2. The second kappa shape index (κ2) is 6.82. The van der Waals surface area contributed by atoms with Gasteiger partial charge in [-0.05, 0) is 19.1 Å². The molecule has 1 atom stereocenters. The van der Waals surface area contributed by atoms with E-state index >= 15 is 0 Å². The van der Waals surface area contributed by atoms with Crippen molar-refractivity contribution in [3.63, 3.8) is 0 Å². The maximum Gasteiger partial charge on any atom is 0.258 e. The molecule has 0 bridgehead atoms. The molecule has 2 aromatic carbocycles. The highest BCUT2D eigenvalue weighted by Gasteiger charge is 2.15. The van der Waals surface area contributed by atoms with E-state index in [0.717, 1.165) is 21.1 Å². The molecule has 0 spiro atoms. The molecule has 0 unspecified atom stereocenters. The van der Waals surface area contributed by atoms with E-state index < -0.39 is 0 Å². The van der Waals surface area contributed by atoms with Crippen LogP contribution in [0.5, 0.6) is 0 Å². The zero-order valence-electron chi connectivity index (χ0n) is 13.5. The van der Waals surface area contributed by atoms with Gasteiger partial charge in [-0.1, -0.05) is 54.2 Å². The van der Waals surface area contributed by atoms with Crippen molar-refractivity contribution in [2.75, 3.05) is 0 Å². The summed E-state index contributed by atoms with van der Waals surface area (Å²) in [4.78, 5) is 24.4. The molecule has 0 amide bonds. The molecule has 0 fully saturated rings. The Bertz CT molecular complexity index is 1070. The Hall–Kier alpha value is -2.44. The minimum absolute atomic E-state index is 0.00656. The summed E-state index contributed by atoms with van der Waals surface area (Å²) in [5.74, 6) is 0.671. The fourth-order valence-corrected chi connectivity index (χ4v) is 4.59. The molecule has 2 aromatic heterocycles. The number of nitrogens with zero attached hydrogens (tertiary/aromatic N) is 2. The number of fused-ring (bicyclic) bond motifs is 1.